The standard InChI is InChI=1S/C12H16N2O4S2/c1-14(8-7-11(15)18-2)20(16,17)10-5-3-9(4-6-10)12(13)19/h3-6H,7-8H2,1-2H3,(H2,13,19). The SMILES string of the molecule is COC(=O)CCN(C)S(=O)(=O)c1ccc(C(N)=S)cc1. The number of benzene rings is 1. The molecule has 0 radical (unpaired) electrons. The monoisotopic (exact) mass is 316 g/mol. The van der Waals surface area contributed by atoms with E-state index in [1.807, 2.05) is 0 Å². The first kappa shape index (κ1) is 16.5. The lowest BCUT2D eigenvalue weighted by molar-refractivity contribution is -0.140. The highest BCUT2D eigenvalue weighted by atomic mass is 32.2. The first-order chi connectivity index (χ1) is 9.28. The molecule has 0 amide bonds. The molecule has 0 bridgehead atoms. The van der Waals surface area contributed by atoms with Crippen molar-refractivity contribution in [2.24, 2.45) is 5.73 Å². The lowest BCUT2D eigenvalue weighted by atomic mass is 10.2. The van der Waals surface area contributed by atoms with Crippen molar-refractivity contribution in [2.45, 2.75) is 11.3 Å². The lowest BCUT2D eigenvalue weighted by Gasteiger charge is -2.16. The van der Waals surface area contributed by atoms with E-state index in [0.717, 1.165) is 4.31 Å². The summed E-state index contributed by atoms with van der Waals surface area (Å²) in [4.78, 5) is 11.3. The van der Waals surface area contributed by atoms with E-state index >= 15 is 0 Å². The highest BCUT2D eigenvalue weighted by Gasteiger charge is 2.21. The van der Waals surface area contributed by atoms with E-state index in [0.29, 0.717) is 5.56 Å². The van der Waals surface area contributed by atoms with Gasteiger partial charge in [-0.2, -0.15) is 0 Å². The van der Waals surface area contributed by atoms with Crippen molar-refractivity contribution in [3.63, 3.8) is 0 Å². The van der Waals surface area contributed by atoms with E-state index in [-0.39, 0.29) is 22.8 Å². The van der Waals surface area contributed by atoms with Crippen LogP contribution in [0, 0.1) is 0 Å². The fraction of sp³-hybridized carbons (Fsp3) is 0.333. The van der Waals surface area contributed by atoms with Crippen LogP contribution in [-0.2, 0) is 19.6 Å². The van der Waals surface area contributed by atoms with Crippen LogP contribution < -0.4 is 5.73 Å². The summed E-state index contributed by atoms with van der Waals surface area (Å²) in [6.45, 7) is 0.0477. The second kappa shape index (κ2) is 6.78. The molecule has 2 N–H and O–H groups in total. The van der Waals surface area contributed by atoms with E-state index in [1.165, 1.54) is 26.3 Å². The molecule has 0 saturated heterocycles. The van der Waals surface area contributed by atoms with Gasteiger partial charge in [0.2, 0.25) is 10.0 Å². The molecule has 0 aliphatic rings. The van der Waals surface area contributed by atoms with Crippen LogP contribution in [-0.4, -0.2) is 44.4 Å². The average Bonchev–Trinajstić information content (AvgIpc) is 2.44. The van der Waals surface area contributed by atoms with E-state index < -0.39 is 16.0 Å². The zero-order valence-corrected chi connectivity index (χ0v) is 12.8. The first-order valence-electron chi connectivity index (χ1n) is 5.72. The number of nitrogens with two attached hydrogens (primary N) is 1. The molecule has 6 nitrogen and oxygen atoms in total. The summed E-state index contributed by atoms with van der Waals surface area (Å²) in [6, 6.07) is 5.95. The molecule has 0 fully saturated rings. The van der Waals surface area contributed by atoms with Crippen LogP contribution in [0.2, 0.25) is 0 Å². The molecule has 8 heteroatoms. The van der Waals surface area contributed by atoms with Crippen molar-refractivity contribution < 1.29 is 17.9 Å². The largest absolute Gasteiger partial charge is 0.469 e. The van der Waals surface area contributed by atoms with Crippen LogP contribution >= 0.6 is 12.2 Å². The summed E-state index contributed by atoms with van der Waals surface area (Å²) in [6.07, 6.45) is -0.00278. The zero-order chi connectivity index (χ0) is 15.3. The number of ether oxygens (including phenoxy) is 1. The summed E-state index contributed by atoms with van der Waals surface area (Å²) in [5, 5.41) is 0. The molecule has 0 aromatic heterocycles. The maximum atomic E-state index is 12.2. The lowest BCUT2D eigenvalue weighted by Crippen LogP contribution is -2.29. The minimum absolute atomic E-state index is 0.00278. The van der Waals surface area contributed by atoms with E-state index in [2.05, 4.69) is 4.74 Å². The zero-order valence-electron chi connectivity index (χ0n) is 11.2. The third kappa shape index (κ3) is 3.99. The van der Waals surface area contributed by atoms with Crippen LogP contribution in [0.5, 0.6) is 0 Å². The second-order valence-corrected chi connectivity index (χ2v) is 6.53. The number of hydrogen-bond donors (Lipinski definition) is 1. The van der Waals surface area contributed by atoms with Gasteiger partial charge in [0.25, 0.3) is 0 Å². The smallest absolute Gasteiger partial charge is 0.306 e. The predicted molar refractivity (Wildman–Crippen MR) is 78.8 cm³/mol. The normalized spacial score (nSPS) is 11.3. The van der Waals surface area contributed by atoms with Gasteiger partial charge < -0.3 is 10.5 Å². The Morgan fingerprint density at radius 3 is 2.35 bits per heavy atom. The maximum Gasteiger partial charge on any atom is 0.306 e. The molecule has 0 atom stereocenters. The molecule has 1 aromatic carbocycles. The van der Waals surface area contributed by atoms with Crippen molar-refractivity contribution in [1.82, 2.24) is 4.31 Å². The van der Waals surface area contributed by atoms with E-state index in [4.69, 9.17) is 18.0 Å². The minimum atomic E-state index is -3.64. The predicted octanol–water partition coefficient (Wildman–Crippen LogP) is 0.504. The van der Waals surface area contributed by atoms with Gasteiger partial charge in [0.1, 0.15) is 4.99 Å². The van der Waals surface area contributed by atoms with Crippen molar-refractivity contribution in [2.75, 3.05) is 20.7 Å². The van der Waals surface area contributed by atoms with Crippen molar-refractivity contribution in [3.05, 3.63) is 29.8 Å². The number of sulfonamides is 1. The highest BCUT2D eigenvalue weighted by molar-refractivity contribution is 7.89. The number of carbonyl (C=O) groups is 1. The molecule has 0 unspecified atom stereocenters. The van der Waals surface area contributed by atoms with Gasteiger partial charge in [-0.1, -0.05) is 24.4 Å². The molecular formula is C12H16N2O4S2. The molecule has 0 spiro atoms. The van der Waals surface area contributed by atoms with Gasteiger partial charge in [-0.3, -0.25) is 4.79 Å². The molecule has 1 aromatic rings. The second-order valence-electron chi connectivity index (χ2n) is 4.04. The van der Waals surface area contributed by atoms with Crippen molar-refractivity contribution in [3.8, 4) is 0 Å². The summed E-state index contributed by atoms with van der Waals surface area (Å²) >= 11 is 4.80. The number of rotatable bonds is 6. The minimum Gasteiger partial charge on any atom is -0.469 e. The number of thiocarbonyl (C=S) groups is 1. The Bertz CT molecular complexity index is 596. The van der Waals surface area contributed by atoms with Gasteiger partial charge in [-0.15, -0.1) is 0 Å². The van der Waals surface area contributed by atoms with E-state index in [9.17, 15) is 13.2 Å². The Balaban J connectivity index is 2.87. The number of carbonyl (C=O) groups excluding carboxylic acids is 1. The fourth-order valence-electron chi connectivity index (χ4n) is 1.44. The number of methoxy groups -OCH3 is 1. The van der Waals surface area contributed by atoms with Gasteiger partial charge in [0, 0.05) is 19.2 Å². The van der Waals surface area contributed by atoms with Gasteiger partial charge in [-0.05, 0) is 12.1 Å². The molecule has 110 valence electrons. The average molecular weight is 316 g/mol. The Morgan fingerprint density at radius 1 is 1.35 bits per heavy atom. The summed E-state index contributed by atoms with van der Waals surface area (Å²) < 4.78 is 30.0. The van der Waals surface area contributed by atoms with Crippen LogP contribution in [0.25, 0.3) is 0 Å². The summed E-state index contributed by atoms with van der Waals surface area (Å²) in [5.41, 5.74) is 6.04. The molecular weight excluding hydrogens is 300 g/mol. The van der Waals surface area contributed by atoms with Gasteiger partial charge >= 0.3 is 5.97 Å². The van der Waals surface area contributed by atoms with Gasteiger partial charge in [0.15, 0.2) is 0 Å². The summed E-state index contributed by atoms with van der Waals surface area (Å²) in [7, 11) is -0.986. The van der Waals surface area contributed by atoms with Gasteiger partial charge in [0.05, 0.1) is 18.4 Å². The Hall–Kier alpha value is -1.51. The number of esters is 1. The van der Waals surface area contributed by atoms with Crippen LogP contribution in [0.4, 0.5) is 0 Å². The first-order valence-corrected chi connectivity index (χ1v) is 7.57. The molecule has 0 heterocycles. The Kier molecular flexibility index (Phi) is 5.61. The Morgan fingerprint density at radius 2 is 1.90 bits per heavy atom. The quantitative estimate of drug-likeness (QED) is 0.607. The summed E-state index contributed by atoms with van der Waals surface area (Å²) in [5.74, 6) is -0.462. The Labute approximate surface area is 123 Å². The van der Waals surface area contributed by atoms with Crippen LogP contribution in [0.15, 0.2) is 29.2 Å². The van der Waals surface area contributed by atoms with Crippen molar-refractivity contribution >= 4 is 33.2 Å². The molecule has 0 aliphatic heterocycles. The number of nitrogens with zero attached hydrogens (tertiary/aromatic N) is 1. The maximum absolute atomic E-state index is 12.2. The van der Waals surface area contributed by atoms with Crippen LogP contribution in [0.1, 0.15) is 12.0 Å². The molecule has 1 rings (SSSR count). The van der Waals surface area contributed by atoms with Crippen LogP contribution in [0.3, 0.4) is 0 Å². The fourth-order valence-corrected chi connectivity index (χ4v) is 2.75. The molecule has 0 saturated carbocycles. The molecule has 20 heavy (non-hydrogen) atoms. The molecule has 0 aliphatic carbocycles. The third-order valence-corrected chi connectivity index (χ3v) is 4.81. The third-order valence-electron chi connectivity index (χ3n) is 2.71. The van der Waals surface area contributed by atoms with Crippen molar-refractivity contribution in [1.29, 1.82) is 0 Å². The highest BCUT2D eigenvalue weighted by Crippen LogP contribution is 2.15. The van der Waals surface area contributed by atoms with E-state index in [1.54, 1.807) is 12.1 Å². The number of hydrogen-bond acceptors (Lipinski definition) is 5. The van der Waals surface area contributed by atoms with Gasteiger partial charge in [-0.25, -0.2) is 12.7 Å². The topological polar surface area (TPSA) is 89.7 Å².